The molecule has 2 aromatic rings. The Morgan fingerprint density at radius 2 is 2.14 bits per heavy atom. The van der Waals surface area contributed by atoms with Gasteiger partial charge >= 0.3 is 5.97 Å². The van der Waals surface area contributed by atoms with Gasteiger partial charge in [-0.15, -0.1) is 0 Å². The van der Waals surface area contributed by atoms with Crippen molar-refractivity contribution < 1.29 is 14.3 Å². The smallest absolute Gasteiger partial charge is 0.339 e. The second kappa shape index (κ2) is 5.56. The number of hydrogen-bond donors (Lipinski definition) is 1. The van der Waals surface area contributed by atoms with Crippen LogP contribution >= 0.6 is 0 Å². The van der Waals surface area contributed by atoms with E-state index < -0.39 is 0 Å². The normalized spacial score (nSPS) is 13.9. The van der Waals surface area contributed by atoms with Crippen LogP contribution in [0.4, 0.5) is 0 Å². The highest BCUT2D eigenvalue weighted by Crippen LogP contribution is 2.27. The number of aromatic nitrogens is 1. The van der Waals surface area contributed by atoms with Gasteiger partial charge in [-0.3, -0.25) is 4.79 Å². The summed E-state index contributed by atoms with van der Waals surface area (Å²) in [4.78, 5) is 26.7. The second-order valence-corrected chi connectivity index (χ2v) is 5.17. The maximum Gasteiger partial charge on any atom is 0.339 e. The zero-order chi connectivity index (χ0) is 14.8. The Morgan fingerprint density at radius 1 is 1.29 bits per heavy atom. The van der Waals surface area contributed by atoms with E-state index in [-0.39, 0.29) is 11.8 Å². The molecule has 0 fully saturated rings. The van der Waals surface area contributed by atoms with Crippen LogP contribution in [0, 0.1) is 0 Å². The molecule has 3 rings (SSSR count). The van der Waals surface area contributed by atoms with Crippen molar-refractivity contribution in [3.05, 3.63) is 47.2 Å². The Hall–Kier alpha value is -2.36. The van der Waals surface area contributed by atoms with E-state index in [1.807, 2.05) is 18.2 Å². The van der Waals surface area contributed by atoms with Gasteiger partial charge in [-0.25, -0.2) is 4.79 Å². The molecule has 0 radical (unpaired) electrons. The minimum atomic E-state index is -0.339. The number of ketones is 1. The molecular formula is C17H17NO3. The van der Waals surface area contributed by atoms with Crippen molar-refractivity contribution in [3.8, 4) is 11.3 Å². The molecule has 0 unspecified atom stereocenters. The number of benzene rings is 1. The molecule has 1 aromatic carbocycles. The Labute approximate surface area is 123 Å². The third-order valence-corrected chi connectivity index (χ3v) is 3.77. The van der Waals surface area contributed by atoms with Crippen LogP contribution in [-0.4, -0.2) is 23.3 Å². The number of carbonyl (C=O) groups excluding carboxylic acids is 2. The Morgan fingerprint density at radius 3 is 2.95 bits per heavy atom. The first-order valence-electron chi connectivity index (χ1n) is 7.21. The van der Waals surface area contributed by atoms with Crippen LogP contribution in [0.1, 0.15) is 46.0 Å². The molecule has 21 heavy (non-hydrogen) atoms. The molecule has 0 bridgehead atoms. The van der Waals surface area contributed by atoms with E-state index in [9.17, 15) is 9.59 Å². The summed E-state index contributed by atoms with van der Waals surface area (Å²) >= 11 is 0. The van der Waals surface area contributed by atoms with Crippen molar-refractivity contribution in [2.75, 3.05) is 6.61 Å². The van der Waals surface area contributed by atoms with E-state index in [0.717, 1.165) is 35.2 Å². The SMILES string of the molecule is CCOC(=O)c1c[nH]c(-c2ccc3c(c2)C(=O)CCC3)c1. The van der Waals surface area contributed by atoms with Crippen LogP contribution in [0.2, 0.25) is 0 Å². The standard InChI is InChI=1S/C17H17NO3/c1-2-21-17(20)13-9-15(18-10-13)12-7-6-11-4-3-5-16(19)14(11)8-12/h6-10,18H,2-5H2,1H3. The molecule has 0 amide bonds. The molecule has 1 aliphatic carbocycles. The molecule has 1 aliphatic rings. The van der Waals surface area contributed by atoms with Gasteiger partial charge in [0.2, 0.25) is 0 Å². The van der Waals surface area contributed by atoms with Crippen molar-refractivity contribution >= 4 is 11.8 Å². The van der Waals surface area contributed by atoms with E-state index in [1.165, 1.54) is 0 Å². The Bertz CT molecular complexity index is 700. The predicted octanol–water partition coefficient (Wildman–Crippen LogP) is 3.38. The zero-order valence-electron chi connectivity index (χ0n) is 11.9. The Balaban J connectivity index is 1.92. The number of fused-ring (bicyclic) bond motifs is 1. The average Bonchev–Trinajstić information content (AvgIpc) is 2.98. The lowest BCUT2D eigenvalue weighted by atomic mass is 9.89. The van der Waals surface area contributed by atoms with Crippen LogP contribution in [0.3, 0.4) is 0 Å². The molecule has 4 nitrogen and oxygen atoms in total. The first-order chi connectivity index (χ1) is 10.2. The first kappa shape index (κ1) is 13.6. The largest absolute Gasteiger partial charge is 0.462 e. The molecule has 0 saturated carbocycles. The van der Waals surface area contributed by atoms with E-state index in [1.54, 1.807) is 19.2 Å². The molecule has 1 N–H and O–H groups in total. The topological polar surface area (TPSA) is 59.2 Å². The molecular weight excluding hydrogens is 266 g/mol. The van der Waals surface area contributed by atoms with Crippen molar-refractivity contribution in [2.45, 2.75) is 26.2 Å². The van der Waals surface area contributed by atoms with Gasteiger partial charge in [0, 0.05) is 23.9 Å². The van der Waals surface area contributed by atoms with Gasteiger partial charge in [-0.1, -0.05) is 12.1 Å². The quantitative estimate of drug-likeness (QED) is 0.878. The summed E-state index contributed by atoms with van der Waals surface area (Å²) in [5.74, 6) is -0.135. The third kappa shape index (κ3) is 2.61. The van der Waals surface area contributed by atoms with Gasteiger partial charge in [0.05, 0.1) is 12.2 Å². The maximum absolute atomic E-state index is 12.0. The van der Waals surface area contributed by atoms with Crippen molar-refractivity contribution in [2.24, 2.45) is 0 Å². The maximum atomic E-state index is 12.0. The monoisotopic (exact) mass is 283 g/mol. The number of aryl methyl sites for hydroxylation is 1. The van der Waals surface area contributed by atoms with Crippen molar-refractivity contribution in [3.63, 3.8) is 0 Å². The average molecular weight is 283 g/mol. The van der Waals surface area contributed by atoms with Gasteiger partial charge in [0.1, 0.15) is 0 Å². The predicted molar refractivity (Wildman–Crippen MR) is 79.5 cm³/mol. The second-order valence-electron chi connectivity index (χ2n) is 5.17. The summed E-state index contributed by atoms with van der Waals surface area (Å²) in [5, 5.41) is 0. The van der Waals surface area contributed by atoms with Crippen molar-refractivity contribution in [1.82, 2.24) is 4.98 Å². The molecule has 108 valence electrons. The van der Waals surface area contributed by atoms with Crippen LogP contribution in [0.15, 0.2) is 30.5 Å². The molecule has 1 heterocycles. The Kier molecular flexibility index (Phi) is 3.60. The summed E-state index contributed by atoms with van der Waals surface area (Å²) in [6.07, 6.45) is 4.14. The highest BCUT2D eigenvalue weighted by molar-refractivity contribution is 5.99. The number of carbonyl (C=O) groups is 2. The lowest BCUT2D eigenvalue weighted by molar-refractivity contribution is 0.0526. The van der Waals surface area contributed by atoms with Crippen LogP contribution in [0.25, 0.3) is 11.3 Å². The van der Waals surface area contributed by atoms with Crippen LogP contribution in [-0.2, 0) is 11.2 Å². The molecule has 4 heteroatoms. The highest BCUT2D eigenvalue weighted by Gasteiger charge is 2.18. The fourth-order valence-corrected chi connectivity index (χ4v) is 2.69. The number of H-pyrrole nitrogens is 1. The van der Waals surface area contributed by atoms with Gasteiger partial charge < -0.3 is 9.72 Å². The number of aromatic amines is 1. The molecule has 0 atom stereocenters. The number of nitrogens with one attached hydrogen (secondary N) is 1. The summed E-state index contributed by atoms with van der Waals surface area (Å²) in [5.41, 5.74) is 4.16. The van der Waals surface area contributed by atoms with E-state index in [0.29, 0.717) is 18.6 Å². The highest BCUT2D eigenvalue weighted by atomic mass is 16.5. The lowest BCUT2D eigenvalue weighted by Gasteiger charge is -2.15. The van der Waals surface area contributed by atoms with E-state index in [4.69, 9.17) is 4.74 Å². The van der Waals surface area contributed by atoms with Gasteiger partial charge in [0.25, 0.3) is 0 Å². The zero-order valence-corrected chi connectivity index (χ0v) is 11.9. The molecule has 0 aliphatic heterocycles. The first-order valence-corrected chi connectivity index (χ1v) is 7.21. The summed E-state index contributed by atoms with van der Waals surface area (Å²) in [6, 6.07) is 7.66. The van der Waals surface area contributed by atoms with E-state index >= 15 is 0 Å². The number of hydrogen-bond acceptors (Lipinski definition) is 3. The molecule has 1 aromatic heterocycles. The minimum Gasteiger partial charge on any atom is -0.462 e. The fraction of sp³-hybridized carbons (Fsp3) is 0.294. The molecule has 0 saturated heterocycles. The summed E-state index contributed by atoms with van der Waals surface area (Å²) in [7, 11) is 0. The number of ether oxygens (including phenoxy) is 1. The van der Waals surface area contributed by atoms with Gasteiger partial charge in [-0.05, 0) is 43.0 Å². The number of Topliss-reactive ketones (excluding diaryl/α,β-unsaturated/α-hetero) is 1. The number of esters is 1. The van der Waals surface area contributed by atoms with Crippen LogP contribution in [0.5, 0.6) is 0 Å². The third-order valence-electron chi connectivity index (χ3n) is 3.77. The van der Waals surface area contributed by atoms with E-state index in [2.05, 4.69) is 4.98 Å². The van der Waals surface area contributed by atoms with Gasteiger partial charge in [-0.2, -0.15) is 0 Å². The lowest BCUT2D eigenvalue weighted by Crippen LogP contribution is -2.10. The summed E-state index contributed by atoms with van der Waals surface area (Å²) in [6.45, 7) is 2.13. The fourth-order valence-electron chi connectivity index (χ4n) is 2.69. The molecule has 0 spiro atoms. The van der Waals surface area contributed by atoms with Gasteiger partial charge in [0.15, 0.2) is 5.78 Å². The summed E-state index contributed by atoms with van der Waals surface area (Å²) < 4.78 is 4.97. The number of rotatable bonds is 3. The van der Waals surface area contributed by atoms with Crippen molar-refractivity contribution in [1.29, 1.82) is 0 Å². The minimum absolute atomic E-state index is 0.204. The van der Waals surface area contributed by atoms with Crippen LogP contribution < -0.4 is 0 Å².